The van der Waals surface area contributed by atoms with Crippen molar-refractivity contribution in [2.45, 2.75) is 6.42 Å². The van der Waals surface area contributed by atoms with Gasteiger partial charge >= 0.3 is 0 Å². The molecule has 0 saturated heterocycles. The van der Waals surface area contributed by atoms with Gasteiger partial charge in [-0.05, 0) is 0 Å². The minimum absolute atomic E-state index is 0.112. The first-order valence-corrected chi connectivity index (χ1v) is 4.90. The first-order chi connectivity index (χ1) is 6.07. The SMILES string of the molecule is CON(C)C(=O)CCSCC(N)=O. The molecule has 0 saturated carbocycles. The number of carbonyl (C=O) groups excluding carboxylic acids is 2. The van der Waals surface area contributed by atoms with E-state index in [0.29, 0.717) is 12.2 Å². The normalized spacial score (nSPS) is 9.69. The minimum Gasteiger partial charge on any atom is -0.369 e. The van der Waals surface area contributed by atoms with Crippen molar-refractivity contribution in [2.24, 2.45) is 5.73 Å². The predicted octanol–water partition coefficient (Wildman–Crippen LogP) is -0.385. The summed E-state index contributed by atoms with van der Waals surface area (Å²) in [6, 6.07) is 0. The number of rotatable bonds is 6. The van der Waals surface area contributed by atoms with Crippen molar-refractivity contribution in [3.8, 4) is 0 Å². The Labute approximate surface area is 81.5 Å². The van der Waals surface area contributed by atoms with Gasteiger partial charge in [-0.25, -0.2) is 5.06 Å². The molecule has 0 aromatic carbocycles. The van der Waals surface area contributed by atoms with Crippen molar-refractivity contribution in [1.82, 2.24) is 5.06 Å². The van der Waals surface area contributed by atoms with Crippen LogP contribution in [-0.2, 0) is 14.4 Å². The van der Waals surface area contributed by atoms with Crippen LogP contribution in [0.1, 0.15) is 6.42 Å². The monoisotopic (exact) mass is 206 g/mol. The highest BCUT2D eigenvalue weighted by Gasteiger charge is 2.07. The fraction of sp³-hybridized carbons (Fsp3) is 0.714. The van der Waals surface area contributed by atoms with Crippen LogP contribution in [0.4, 0.5) is 0 Å². The highest BCUT2D eigenvalue weighted by Crippen LogP contribution is 2.02. The van der Waals surface area contributed by atoms with Crippen LogP contribution in [0.3, 0.4) is 0 Å². The molecule has 0 atom stereocenters. The second-order valence-corrected chi connectivity index (χ2v) is 3.45. The van der Waals surface area contributed by atoms with E-state index in [1.165, 1.54) is 18.9 Å². The Bertz CT molecular complexity index is 187. The number of primary amides is 1. The molecular formula is C7H14N2O3S. The van der Waals surface area contributed by atoms with Crippen LogP contribution < -0.4 is 5.73 Å². The molecular weight excluding hydrogens is 192 g/mol. The lowest BCUT2D eigenvalue weighted by atomic mass is 10.4. The molecule has 5 nitrogen and oxygen atoms in total. The van der Waals surface area contributed by atoms with Crippen molar-refractivity contribution in [3.63, 3.8) is 0 Å². The summed E-state index contributed by atoms with van der Waals surface area (Å²) < 4.78 is 0. The Hall–Kier alpha value is -0.750. The summed E-state index contributed by atoms with van der Waals surface area (Å²) in [5, 5.41) is 1.16. The van der Waals surface area contributed by atoms with Gasteiger partial charge < -0.3 is 5.73 Å². The second-order valence-electron chi connectivity index (χ2n) is 2.34. The summed E-state index contributed by atoms with van der Waals surface area (Å²) in [6.07, 6.45) is 0.349. The third-order valence-electron chi connectivity index (χ3n) is 1.33. The lowest BCUT2D eigenvalue weighted by Gasteiger charge is -2.12. The van der Waals surface area contributed by atoms with Crippen molar-refractivity contribution < 1.29 is 14.4 Å². The van der Waals surface area contributed by atoms with Crippen LogP contribution in [0.5, 0.6) is 0 Å². The lowest BCUT2D eigenvalue weighted by molar-refractivity contribution is -0.168. The van der Waals surface area contributed by atoms with Gasteiger partial charge in [0.2, 0.25) is 11.8 Å². The molecule has 0 unspecified atom stereocenters. The zero-order valence-electron chi connectivity index (χ0n) is 7.78. The largest absolute Gasteiger partial charge is 0.369 e. The molecule has 2 N–H and O–H groups in total. The second kappa shape index (κ2) is 6.73. The molecule has 0 aliphatic carbocycles. The van der Waals surface area contributed by atoms with Crippen molar-refractivity contribution in [1.29, 1.82) is 0 Å². The summed E-state index contributed by atoms with van der Waals surface area (Å²) in [4.78, 5) is 26.1. The molecule has 0 aliphatic rings. The molecule has 0 radical (unpaired) electrons. The van der Waals surface area contributed by atoms with Crippen LogP contribution in [0.2, 0.25) is 0 Å². The number of nitrogens with zero attached hydrogens (tertiary/aromatic N) is 1. The van der Waals surface area contributed by atoms with E-state index in [0.717, 1.165) is 5.06 Å². The standard InChI is InChI=1S/C7H14N2O3S/c1-9(12-2)7(11)3-4-13-5-6(8)10/h3-5H2,1-2H3,(H2,8,10). The molecule has 0 bridgehead atoms. The quantitative estimate of drug-likeness (QED) is 0.475. The number of amides is 2. The molecule has 0 aromatic rings. The average molecular weight is 206 g/mol. The van der Waals surface area contributed by atoms with E-state index < -0.39 is 0 Å². The van der Waals surface area contributed by atoms with Gasteiger partial charge in [0.05, 0.1) is 12.9 Å². The fourth-order valence-electron chi connectivity index (χ4n) is 0.592. The maximum absolute atomic E-state index is 11.1. The van der Waals surface area contributed by atoms with Crippen molar-refractivity contribution in [3.05, 3.63) is 0 Å². The zero-order valence-corrected chi connectivity index (χ0v) is 8.60. The molecule has 0 aliphatic heterocycles. The minimum atomic E-state index is -0.363. The van der Waals surface area contributed by atoms with Crippen LogP contribution in [-0.4, -0.2) is 42.5 Å². The van der Waals surface area contributed by atoms with Gasteiger partial charge in [0, 0.05) is 19.2 Å². The summed E-state index contributed by atoms with van der Waals surface area (Å²) in [5.74, 6) is 0.358. The topological polar surface area (TPSA) is 72.6 Å². The first-order valence-electron chi connectivity index (χ1n) is 3.74. The van der Waals surface area contributed by atoms with Crippen LogP contribution >= 0.6 is 11.8 Å². The molecule has 0 rings (SSSR count). The Morgan fingerprint density at radius 2 is 2.15 bits per heavy atom. The van der Waals surface area contributed by atoms with Crippen LogP contribution in [0, 0.1) is 0 Å². The van der Waals surface area contributed by atoms with E-state index in [9.17, 15) is 9.59 Å². The maximum atomic E-state index is 11.1. The van der Waals surface area contributed by atoms with Gasteiger partial charge in [-0.15, -0.1) is 0 Å². The number of hydroxylamine groups is 2. The Kier molecular flexibility index (Phi) is 6.34. The molecule has 0 fully saturated rings. The zero-order chi connectivity index (χ0) is 10.3. The van der Waals surface area contributed by atoms with Gasteiger partial charge in [-0.1, -0.05) is 0 Å². The van der Waals surface area contributed by atoms with Gasteiger partial charge in [0.25, 0.3) is 0 Å². The predicted molar refractivity (Wildman–Crippen MR) is 50.9 cm³/mol. The summed E-state index contributed by atoms with van der Waals surface area (Å²) >= 11 is 1.34. The number of hydrogen-bond donors (Lipinski definition) is 1. The third kappa shape index (κ3) is 6.41. The van der Waals surface area contributed by atoms with E-state index in [-0.39, 0.29) is 17.6 Å². The summed E-state index contributed by atoms with van der Waals surface area (Å²) in [7, 11) is 2.97. The average Bonchev–Trinajstić information content (AvgIpc) is 2.10. The van der Waals surface area contributed by atoms with Crippen molar-refractivity contribution >= 4 is 23.6 Å². The van der Waals surface area contributed by atoms with Crippen LogP contribution in [0.15, 0.2) is 0 Å². The van der Waals surface area contributed by atoms with E-state index in [1.807, 2.05) is 0 Å². The number of hydrogen-bond acceptors (Lipinski definition) is 4. The Morgan fingerprint density at radius 3 is 2.62 bits per heavy atom. The first kappa shape index (κ1) is 12.2. The van der Waals surface area contributed by atoms with Crippen molar-refractivity contribution in [2.75, 3.05) is 25.7 Å². The molecule has 13 heavy (non-hydrogen) atoms. The molecule has 0 aromatic heterocycles. The summed E-state index contributed by atoms with van der Waals surface area (Å²) in [6.45, 7) is 0. The lowest BCUT2D eigenvalue weighted by Crippen LogP contribution is -2.25. The highest BCUT2D eigenvalue weighted by molar-refractivity contribution is 7.99. The Balaban J connectivity index is 3.42. The third-order valence-corrected chi connectivity index (χ3v) is 2.31. The molecule has 0 heterocycles. The van der Waals surface area contributed by atoms with Gasteiger partial charge in [-0.3, -0.25) is 14.4 Å². The highest BCUT2D eigenvalue weighted by atomic mass is 32.2. The summed E-state index contributed by atoms with van der Waals surface area (Å²) in [5.41, 5.74) is 4.92. The molecule has 0 spiro atoms. The van der Waals surface area contributed by atoms with E-state index in [1.54, 1.807) is 7.05 Å². The molecule has 6 heteroatoms. The van der Waals surface area contributed by atoms with E-state index in [2.05, 4.69) is 4.84 Å². The van der Waals surface area contributed by atoms with E-state index in [4.69, 9.17) is 5.73 Å². The number of thioether (sulfide) groups is 1. The maximum Gasteiger partial charge on any atom is 0.246 e. The number of nitrogens with two attached hydrogens (primary N) is 1. The molecule has 76 valence electrons. The van der Waals surface area contributed by atoms with E-state index >= 15 is 0 Å². The van der Waals surface area contributed by atoms with Gasteiger partial charge in [-0.2, -0.15) is 11.8 Å². The fourth-order valence-corrected chi connectivity index (χ4v) is 1.26. The van der Waals surface area contributed by atoms with Gasteiger partial charge in [0.15, 0.2) is 0 Å². The Morgan fingerprint density at radius 1 is 1.54 bits per heavy atom. The smallest absolute Gasteiger partial charge is 0.246 e. The van der Waals surface area contributed by atoms with Gasteiger partial charge in [0.1, 0.15) is 0 Å². The molecule has 2 amide bonds. The number of carbonyl (C=O) groups is 2. The van der Waals surface area contributed by atoms with Crippen LogP contribution in [0.25, 0.3) is 0 Å².